The number of hydrogen-bond donors (Lipinski definition) is 2. The standard InChI is InChI=1S/C12H20N2O4S/c1-4-12(3,5-10(16)17)13-11(18)9-6-19-7-14(9)8(2)15/h9H,4-7H2,1-3H3,(H,13,18)(H,16,17)/t9-,12-/m1/s1. The molecule has 1 heterocycles. The van der Waals surface area contributed by atoms with E-state index in [1.54, 1.807) is 6.92 Å². The molecule has 1 fully saturated rings. The molecule has 0 bridgehead atoms. The van der Waals surface area contributed by atoms with Crippen LogP contribution in [0.3, 0.4) is 0 Å². The Bertz CT molecular complexity index is 388. The second kappa shape index (κ2) is 6.27. The first-order valence-electron chi connectivity index (χ1n) is 6.18. The number of hydrogen-bond acceptors (Lipinski definition) is 4. The van der Waals surface area contributed by atoms with E-state index in [0.717, 1.165) is 0 Å². The molecule has 0 aromatic rings. The van der Waals surface area contributed by atoms with Gasteiger partial charge in [-0.2, -0.15) is 0 Å². The molecular weight excluding hydrogens is 268 g/mol. The van der Waals surface area contributed by atoms with Gasteiger partial charge in [0.05, 0.1) is 12.3 Å². The Morgan fingerprint density at radius 1 is 1.47 bits per heavy atom. The van der Waals surface area contributed by atoms with Crippen molar-refractivity contribution >= 4 is 29.5 Å². The highest BCUT2D eigenvalue weighted by atomic mass is 32.2. The molecule has 0 aromatic heterocycles. The van der Waals surface area contributed by atoms with Crippen molar-refractivity contribution in [2.45, 2.75) is 45.2 Å². The lowest BCUT2D eigenvalue weighted by molar-refractivity contribution is -0.141. The number of nitrogens with one attached hydrogen (secondary N) is 1. The van der Waals surface area contributed by atoms with Crippen LogP contribution in [0.1, 0.15) is 33.6 Å². The minimum absolute atomic E-state index is 0.130. The van der Waals surface area contributed by atoms with Gasteiger partial charge in [0.25, 0.3) is 0 Å². The van der Waals surface area contributed by atoms with Crippen molar-refractivity contribution < 1.29 is 19.5 Å². The average Bonchev–Trinajstić information content (AvgIpc) is 2.76. The van der Waals surface area contributed by atoms with E-state index in [-0.39, 0.29) is 18.2 Å². The van der Waals surface area contributed by atoms with Crippen molar-refractivity contribution in [1.29, 1.82) is 0 Å². The van der Waals surface area contributed by atoms with Crippen LogP contribution < -0.4 is 5.32 Å². The Balaban J connectivity index is 2.72. The van der Waals surface area contributed by atoms with Gasteiger partial charge in [-0.25, -0.2) is 0 Å². The van der Waals surface area contributed by atoms with E-state index in [4.69, 9.17) is 5.11 Å². The van der Waals surface area contributed by atoms with Gasteiger partial charge in [-0.3, -0.25) is 14.4 Å². The summed E-state index contributed by atoms with van der Waals surface area (Å²) >= 11 is 1.52. The third-order valence-corrected chi connectivity index (χ3v) is 4.35. The number of thioether (sulfide) groups is 1. The number of nitrogens with zero attached hydrogens (tertiary/aromatic N) is 1. The van der Waals surface area contributed by atoms with E-state index in [2.05, 4.69) is 5.32 Å². The van der Waals surface area contributed by atoms with Gasteiger partial charge >= 0.3 is 5.97 Å². The van der Waals surface area contributed by atoms with Crippen molar-refractivity contribution in [1.82, 2.24) is 10.2 Å². The Labute approximate surface area is 116 Å². The summed E-state index contributed by atoms with van der Waals surface area (Å²) in [5.41, 5.74) is -0.779. The lowest BCUT2D eigenvalue weighted by Crippen LogP contribution is -2.54. The van der Waals surface area contributed by atoms with Crippen molar-refractivity contribution in [2.24, 2.45) is 0 Å². The summed E-state index contributed by atoms with van der Waals surface area (Å²) < 4.78 is 0. The number of amides is 2. The Morgan fingerprint density at radius 3 is 2.58 bits per heavy atom. The smallest absolute Gasteiger partial charge is 0.305 e. The van der Waals surface area contributed by atoms with Gasteiger partial charge in [-0.05, 0) is 13.3 Å². The fraction of sp³-hybridized carbons (Fsp3) is 0.750. The average molecular weight is 288 g/mol. The van der Waals surface area contributed by atoms with E-state index in [1.165, 1.54) is 23.6 Å². The molecule has 0 aliphatic carbocycles. The normalized spacial score (nSPS) is 21.8. The molecule has 0 aromatic carbocycles. The highest BCUT2D eigenvalue weighted by molar-refractivity contribution is 7.99. The van der Waals surface area contributed by atoms with E-state index >= 15 is 0 Å². The topological polar surface area (TPSA) is 86.7 Å². The minimum Gasteiger partial charge on any atom is -0.481 e. The fourth-order valence-electron chi connectivity index (χ4n) is 1.94. The molecule has 2 amide bonds. The Morgan fingerprint density at radius 2 is 2.11 bits per heavy atom. The summed E-state index contributed by atoms with van der Waals surface area (Å²) in [5.74, 6) is -0.297. The SMILES string of the molecule is CC[C@](C)(CC(=O)O)NC(=O)[C@H]1CSCN1C(C)=O. The minimum atomic E-state index is -0.950. The maximum absolute atomic E-state index is 12.2. The maximum Gasteiger partial charge on any atom is 0.305 e. The molecule has 1 aliphatic rings. The highest BCUT2D eigenvalue weighted by Gasteiger charge is 2.36. The summed E-state index contributed by atoms with van der Waals surface area (Å²) in [6, 6.07) is -0.498. The molecule has 1 aliphatic heterocycles. The third kappa shape index (κ3) is 4.12. The molecular formula is C12H20N2O4S. The molecule has 1 rings (SSSR count). The number of carbonyl (C=O) groups excluding carboxylic acids is 2. The van der Waals surface area contributed by atoms with Gasteiger partial charge in [0.15, 0.2) is 0 Å². The zero-order chi connectivity index (χ0) is 14.6. The van der Waals surface area contributed by atoms with Crippen LogP contribution in [-0.2, 0) is 14.4 Å². The summed E-state index contributed by atoms with van der Waals surface area (Å²) in [6.07, 6.45) is 0.389. The fourth-order valence-corrected chi connectivity index (χ4v) is 3.16. The third-order valence-electron chi connectivity index (χ3n) is 3.34. The van der Waals surface area contributed by atoms with Gasteiger partial charge in [0, 0.05) is 18.2 Å². The number of carboxylic acid groups (broad SMARTS) is 1. The van der Waals surface area contributed by atoms with E-state index < -0.39 is 17.6 Å². The van der Waals surface area contributed by atoms with Gasteiger partial charge in [0.2, 0.25) is 11.8 Å². The van der Waals surface area contributed by atoms with Crippen LogP contribution in [0.4, 0.5) is 0 Å². The van der Waals surface area contributed by atoms with E-state index in [0.29, 0.717) is 18.1 Å². The predicted octanol–water partition coefficient (Wildman–Crippen LogP) is 0.667. The first-order chi connectivity index (χ1) is 8.79. The molecule has 0 saturated carbocycles. The number of rotatable bonds is 5. The number of carbonyl (C=O) groups is 3. The summed E-state index contributed by atoms with van der Waals surface area (Å²) in [5, 5.41) is 11.7. The highest BCUT2D eigenvalue weighted by Crippen LogP contribution is 2.23. The molecule has 0 unspecified atom stereocenters. The molecule has 19 heavy (non-hydrogen) atoms. The molecule has 0 spiro atoms. The quantitative estimate of drug-likeness (QED) is 0.776. The van der Waals surface area contributed by atoms with Gasteiger partial charge in [0.1, 0.15) is 6.04 Å². The zero-order valence-electron chi connectivity index (χ0n) is 11.4. The summed E-state index contributed by atoms with van der Waals surface area (Å²) in [6.45, 7) is 4.97. The largest absolute Gasteiger partial charge is 0.481 e. The van der Waals surface area contributed by atoms with Crippen LogP contribution >= 0.6 is 11.8 Å². The van der Waals surface area contributed by atoms with Crippen LogP contribution in [0.15, 0.2) is 0 Å². The van der Waals surface area contributed by atoms with E-state index in [9.17, 15) is 14.4 Å². The first kappa shape index (κ1) is 15.8. The lowest BCUT2D eigenvalue weighted by atomic mass is 9.94. The van der Waals surface area contributed by atoms with Crippen LogP contribution in [0, 0.1) is 0 Å². The second-order valence-electron chi connectivity index (χ2n) is 4.98. The monoisotopic (exact) mass is 288 g/mol. The van der Waals surface area contributed by atoms with Crippen LogP contribution in [0.2, 0.25) is 0 Å². The first-order valence-corrected chi connectivity index (χ1v) is 7.33. The summed E-state index contributed by atoms with van der Waals surface area (Å²) in [7, 11) is 0. The van der Waals surface area contributed by atoms with E-state index in [1.807, 2.05) is 6.92 Å². The van der Waals surface area contributed by atoms with Crippen molar-refractivity contribution in [3.05, 3.63) is 0 Å². The molecule has 1 saturated heterocycles. The lowest BCUT2D eigenvalue weighted by Gasteiger charge is -2.31. The van der Waals surface area contributed by atoms with Crippen molar-refractivity contribution in [3.63, 3.8) is 0 Å². The van der Waals surface area contributed by atoms with Crippen molar-refractivity contribution in [3.8, 4) is 0 Å². The predicted molar refractivity (Wildman–Crippen MR) is 72.7 cm³/mol. The molecule has 2 N–H and O–H groups in total. The van der Waals surface area contributed by atoms with Gasteiger partial charge < -0.3 is 15.3 Å². The Kier molecular flexibility index (Phi) is 5.22. The van der Waals surface area contributed by atoms with Crippen LogP contribution in [0.5, 0.6) is 0 Å². The second-order valence-corrected chi connectivity index (χ2v) is 5.98. The zero-order valence-corrected chi connectivity index (χ0v) is 12.2. The molecule has 6 nitrogen and oxygen atoms in total. The van der Waals surface area contributed by atoms with Crippen LogP contribution in [0.25, 0.3) is 0 Å². The molecule has 7 heteroatoms. The molecule has 0 radical (unpaired) electrons. The molecule has 108 valence electrons. The summed E-state index contributed by atoms with van der Waals surface area (Å²) in [4.78, 5) is 36.0. The molecule has 2 atom stereocenters. The van der Waals surface area contributed by atoms with Gasteiger partial charge in [-0.1, -0.05) is 6.92 Å². The number of carboxylic acids is 1. The number of aliphatic carboxylic acids is 1. The van der Waals surface area contributed by atoms with Crippen molar-refractivity contribution in [2.75, 3.05) is 11.6 Å². The van der Waals surface area contributed by atoms with Crippen LogP contribution in [-0.4, -0.2) is 51.0 Å². The maximum atomic E-state index is 12.2. The van der Waals surface area contributed by atoms with Gasteiger partial charge in [-0.15, -0.1) is 11.8 Å². The Hall–Kier alpha value is -1.24.